The largest absolute Gasteiger partial charge is 0.462 e. The van der Waals surface area contributed by atoms with Crippen molar-refractivity contribution < 1.29 is 10.2 Å². The summed E-state index contributed by atoms with van der Waals surface area (Å²) in [5.74, 6) is 2.50. The molecule has 2 atom stereocenters. The Kier molecular flexibility index (Phi) is 3.16. The zero-order chi connectivity index (χ0) is 11.7. The van der Waals surface area contributed by atoms with Crippen molar-refractivity contribution in [3.8, 4) is 12.0 Å². The van der Waals surface area contributed by atoms with Crippen molar-refractivity contribution in [3.63, 3.8) is 0 Å². The molecule has 0 heterocycles. The standard InChI is InChI=1S/C13H20O2/c1-10-9-12(2,3)6-5-11(10)13(4,15)7-8-14/h9,11,14-15H,5-6H2,1-4H3. The van der Waals surface area contributed by atoms with Crippen LogP contribution in [0.5, 0.6) is 0 Å². The van der Waals surface area contributed by atoms with Crippen molar-refractivity contribution in [1.82, 2.24) is 0 Å². The van der Waals surface area contributed by atoms with Crippen molar-refractivity contribution in [2.75, 3.05) is 0 Å². The van der Waals surface area contributed by atoms with Gasteiger partial charge in [0.1, 0.15) is 11.7 Å². The van der Waals surface area contributed by atoms with Gasteiger partial charge in [0, 0.05) is 5.92 Å². The molecule has 0 fully saturated rings. The lowest BCUT2D eigenvalue weighted by Gasteiger charge is -2.37. The maximum atomic E-state index is 10.1. The fourth-order valence-electron chi connectivity index (χ4n) is 2.46. The van der Waals surface area contributed by atoms with E-state index in [0.717, 1.165) is 12.8 Å². The average molecular weight is 208 g/mol. The molecule has 0 aromatic rings. The van der Waals surface area contributed by atoms with Crippen LogP contribution in [0.25, 0.3) is 0 Å². The Morgan fingerprint density at radius 1 is 1.53 bits per heavy atom. The third-order valence-corrected chi connectivity index (χ3v) is 3.23. The van der Waals surface area contributed by atoms with Gasteiger partial charge in [-0.2, -0.15) is 0 Å². The minimum Gasteiger partial charge on any atom is -0.462 e. The molecule has 15 heavy (non-hydrogen) atoms. The van der Waals surface area contributed by atoms with Crippen molar-refractivity contribution in [1.29, 1.82) is 0 Å². The van der Waals surface area contributed by atoms with Gasteiger partial charge in [-0.3, -0.25) is 0 Å². The van der Waals surface area contributed by atoms with Crippen LogP contribution in [0.2, 0.25) is 0 Å². The third kappa shape index (κ3) is 2.76. The average Bonchev–Trinajstić information content (AvgIpc) is 2.00. The highest BCUT2D eigenvalue weighted by Gasteiger charge is 2.36. The lowest BCUT2D eigenvalue weighted by atomic mass is 9.70. The quantitative estimate of drug-likeness (QED) is 0.513. The smallest absolute Gasteiger partial charge is 0.132 e. The van der Waals surface area contributed by atoms with Crippen molar-refractivity contribution in [3.05, 3.63) is 11.6 Å². The highest BCUT2D eigenvalue weighted by atomic mass is 16.3. The summed E-state index contributed by atoms with van der Waals surface area (Å²) in [5.41, 5.74) is 0.258. The topological polar surface area (TPSA) is 40.5 Å². The molecule has 84 valence electrons. The summed E-state index contributed by atoms with van der Waals surface area (Å²) in [5, 5.41) is 18.7. The van der Waals surface area contributed by atoms with Gasteiger partial charge in [0.25, 0.3) is 0 Å². The molecule has 0 amide bonds. The number of hydrogen-bond donors (Lipinski definition) is 2. The summed E-state index contributed by atoms with van der Waals surface area (Å²) in [4.78, 5) is 0. The lowest BCUT2D eigenvalue weighted by molar-refractivity contribution is 0.0579. The first-order chi connectivity index (χ1) is 6.78. The summed E-state index contributed by atoms with van der Waals surface area (Å²) in [7, 11) is 0. The van der Waals surface area contributed by atoms with Crippen LogP contribution in [0.1, 0.15) is 40.5 Å². The van der Waals surface area contributed by atoms with Gasteiger partial charge < -0.3 is 10.2 Å². The van der Waals surface area contributed by atoms with Crippen molar-refractivity contribution in [2.45, 2.75) is 46.1 Å². The van der Waals surface area contributed by atoms with Crippen molar-refractivity contribution in [2.24, 2.45) is 11.3 Å². The summed E-state index contributed by atoms with van der Waals surface area (Å²) < 4.78 is 0. The molecule has 0 bridgehead atoms. The third-order valence-electron chi connectivity index (χ3n) is 3.23. The van der Waals surface area contributed by atoms with Crippen LogP contribution in [0, 0.1) is 23.4 Å². The van der Waals surface area contributed by atoms with E-state index in [9.17, 15) is 5.11 Å². The molecule has 2 unspecified atom stereocenters. The van der Waals surface area contributed by atoms with E-state index >= 15 is 0 Å². The first-order valence-corrected chi connectivity index (χ1v) is 5.36. The molecule has 1 aliphatic carbocycles. The van der Waals surface area contributed by atoms with E-state index in [1.54, 1.807) is 6.92 Å². The molecule has 0 aromatic carbocycles. The molecule has 0 saturated heterocycles. The van der Waals surface area contributed by atoms with E-state index in [1.807, 2.05) is 13.0 Å². The summed E-state index contributed by atoms with van der Waals surface area (Å²) >= 11 is 0. The van der Waals surface area contributed by atoms with Gasteiger partial charge >= 0.3 is 0 Å². The number of rotatable bonds is 1. The molecule has 1 aliphatic rings. The van der Waals surface area contributed by atoms with Crippen LogP contribution in [0.15, 0.2) is 11.6 Å². The maximum Gasteiger partial charge on any atom is 0.132 e. The molecule has 0 aromatic heterocycles. The van der Waals surface area contributed by atoms with Crippen LogP contribution < -0.4 is 0 Å². The van der Waals surface area contributed by atoms with E-state index in [-0.39, 0.29) is 11.3 Å². The Bertz CT molecular complexity index is 326. The maximum absolute atomic E-state index is 10.1. The normalized spacial score (nSPS) is 28.3. The minimum absolute atomic E-state index is 0.0326. The lowest BCUT2D eigenvalue weighted by Crippen LogP contribution is -2.37. The molecule has 0 spiro atoms. The van der Waals surface area contributed by atoms with E-state index in [1.165, 1.54) is 5.57 Å². The molecule has 2 N–H and O–H groups in total. The van der Waals surface area contributed by atoms with Crippen LogP contribution in [0.4, 0.5) is 0 Å². The molecule has 1 rings (SSSR count). The van der Waals surface area contributed by atoms with Gasteiger partial charge in [0.05, 0.1) is 0 Å². The second kappa shape index (κ2) is 3.90. The summed E-state index contributed by atoms with van der Waals surface area (Å²) in [6.07, 6.45) is 5.98. The van der Waals surface area contributed by atoms with Gasteiger partial charge in [0.15, 0.2) is 0 Å². The van der Waals surface area contributed by atoms with E-state index in [2.05, 4.69) is 25.8 Å². The highest BCUT2D eigenvalue weighted by Crippen LogP contribution is 2.40. The number of aliphatic hydroxyl groups is 2. The Balaban J connectivity index is 2.95. The Morgan fingerprint density at radius 2 is 2.13 bits per heavy atom. The second-order valence-electron chi connectivity index (χ2n) is 5.35. The minimum atomic E-state index is -1.12. The molecular weight excluding hydrogens is 188 g/mol. The number of hydrogen-bond acceptors (Lipinski definition) is 2. The predicted molar refractivity (Wildman–Crippen MR) is 60.6 cm³/mol. The van der Waals surface area contributed by atoms with Crippen LogP contribution in [-0.4, -0.2) is 15.8 Å². The van der Waals surface area contributed by atoms with Gasteiger partial charge in [-0.1, -0.05) is 25.5 Å². The predicted octanol–water partition coefficient (Wildman–Crippen LogP) is 2.45. The van der Waals surface area contributed by atoms with Gasteiger partial charge in [0.2, 0.25) is 0 Å². The van der Waals surface area contributed by atoms with Crippen LogP contribution in [0.3, 0.4) is 0 Å². The summed E-state index contributed by atoms with van der Waals surface area (Å²) in [6.45, 7) is 8.08. The highest BCUT2D eigenvalue weighted by molar-refractivity contribution is 5.23. The Hall–Kier alpha value is -0.940. The monoisotopic (exact) mass is 208 g/mol. The zero-order valence-corrected chi connectivity index (χ0v) is 9.96. The number of aliphatic hydroxyl groups excluding tert-OH is 1. The molecule has 2 heteroatoms. The fourth-order valence-corrected chi connectivity index (χ4v) is 2.46. The number of allylic oxidation sites excluding steroid dienone is 1. The van der Waals surface area contributed by atoms with Gasteiger partial charge in [-0.15, -0.1) is 0 Å². The van der Waals surface area contributed by atoms with Crippen LogP contribution in [-0.2, 0) is 0 Å². The van der Waals surface area contributed by atoms with E-state index < -0.39 is 5.60 Å². The molecule has 0 aliphatic heterocycles. The molecule has 0 saturated carbocycles. The molecular formula is C13H20O2. The Morgan fingerprint density at radius 3 is 2.60 bits per heavy atom. The van der Waals surface area contributed by atoms with E-state index in [4.69, 9.17) is 5.11 Å². The van der Waals surface area contributed by atoms with Gasteiger partial charge in [-0.05, 0) is 38.0 Å². The SMILES string of the molecule is CC1=CC(C)(C)CCC1C(C)(O)C#CO. The van der Waals surface area contributed by atoms with E-state index in [0.29, 0.717) is 0 Å². The van der Waals surface area contributed by atoms with Crippen molar-refractivity contribution >= 4 is 0 Å². The van der Waals surface area contributed by atoms with Gasteiger partial charge in [-0.25, -0.2) is 0 Å². The molecule has 0 radical (unpaired) electrons. The first-order valence-electron chi connectivity index (χ1n) is 5.36. The fraction of sp³-hybridized carbons (Fsp3) is 0.692. The second-order valence-corrected chi connectivity index (χ2v) is 5.35. The van der Waals surface area contributed by atoms with Crippen LogP contribution >= 0.6 is 0 Å². The summed E-state index contributed by atoms with van der Waals surface area (Å²) in [6, 6.07) is 0. The zero-order valence-electron chi connectivity index (χ0n) is 9.96. The first kappa shape index (κ1) is 12.1. The molecule has 2 nitrogen and oxygen atoms in total. The Labute approximate surface area is 92.0 Å².